The van der Waals surface area contributed by atoms with Gasteiger partial charge in [0.05, 0.1) is 29.8 Å². The van der Waals surface area contributed by atoms with Gasteiger partial charge in [0.15, 0.2) is 0 Å². The minimum absolute atomic E-state index is 0.0501. The number of nitrogens with one attached hydrogen (secondary N) is 2. The molecule has 3 heterocycles. The number of nitrogens with zero attached hydrogens (tertiary/aromatic N) is 2. The van der Waals surface area contributed by atoms with Gasteiger partial charge >= 0.3 is 0 Å². The number of H-pyrrole nitrogens is 1. The van der Waals surface area contributed by atoms with Crippen molar-refractivity contribution in [2.45, 2.75) is 19.4 Å². The van der Waals surface area contributed by atoms with E-state index in [4.69, 9.17) is 4.42 Å². The Morgan fingerprint density at radius 3 is 3.11 bits per heavy atom. The van der Waals surface area contributed by atoms with Gasteiger partial charge < -0.3 is 19.6 Å². The number of benzene rings is 1. The van der Waals surface area contributed by atoms with E-state index < -0.39 is 0 Å². The molecule has 1 fully saturated rings. The molecule has 2 aromatic heterocycles. The predicted octanol–water partition coefficient (Wildman–Crippen LogP) is 2.00. The highest BCUT2D eigenvalue weighted by Gasteiger charge is 2.34. The maximum Gasteiger partial charge on any atom is 0.225 e. The molecule has 1 aromatic carbocycles. The SMILES string of the molecule is O=C(NCCc1nc2ccc(F)cc2[nH]1)[C@@H]1CC(=O)N(Cc2ccco2)C1. The van der Waals surface area contributed by atoms with Crippen LogP contribution in [-0.4, -0.2) is 39.8 Å². The average Bonchev–Trinajstić information content (AvgIpc) is 3.36. The highest BCUT2D eigenvalue weighted by Crippen LogP contribution is 2.20. The van der Waals surface area contributed by atoms with E-state index in [1.54, 1.807) is 29.4 Å². The number of furan rings is 1. The third-order valence-electron chi connectivity index (χ3n) is 4.67. The quantitative estimate of drug-likeness (QED) is 0.694. The first kappa shape index (κ1) is 17.3. The minimum atomic E-state index is -0.364. The molecule has 0 aliphatic carbocycles. The van der Waals surface area contributed by atoms with Crippen molar-refractivity contribution in [2.24, 2.45) is 5.92 Å². The van der Waals surface area contributed by atoms with Gasteiger partial charge in [-0.2, -0.15) is 0 Å². The topological polar surface area (TPSA) is 91.2 Å². The fraction of sp³-hybridized carbons (Fsp3) is 0.316. The summed E-state index contributed by atoms with van der Waals surface area (Å²) in [5.41, 5.74) is 1.32. The predicted molar refractivity (Wildman–Crippen MR) is 95.0 cm³/mol. The van der Waals surface area contributed by atoms with Crippen molar-refractivity contribution in [1.82, 2.24) is 20.2 Å². The van der Waals surface area contributed by atoms with Gasteiger partial charge in [-0.25, -0.2) is 9.37 Å². The first-order chi connectivity index (χ1) is 13.1. The number of likely N-dealkylation sites (tertiary alicyclic amines) is 1. The molecule has 2 amide bonds. The van der Waals surface area contributed by atoms with Crippen LogP contribution in [0.4, 0.5) is 4.39 Å². The average molecular weight is 370 g/mol. The number of rotatable bonds is 6. The molecule has 1 aliphatic heterocycles. The molecule has 1 saturated heterocycles. The van der Waals surface area contributed by atoms with E-state index in [0.717, 1.165) is 0 Å². The highest BCUT2D eigenvalue weighted by atomic mass is 19.1. The number of aromatic amines is 1. The molecule has 140 valence electrons. The van der Waals surface area contributed by atoms with E-state index in [0.29, 0.717) is 48.7 Å². The fourth-order valence-electron chi connectivity index (χ4n) is 3.29. The summed E-state index contributed by atoms with van der Waals surface area (Å²) in [5, 5.41) is 2.85. The van der Waals surface area contributed by atoms with Crippen molar-refractivity contribution in [3.63, 3.8) is 0 Å². The highest BCUT2D eigenvalue weighted by molar-refractivity contribution is 5.89. The largest absolute Gasteiger partial charge is 0.467 e. The summed E-state index contributed by atoms with van der Waals surface area (Å²) in [5.74, 6) is 0.495. The molecule has 8 heteroatoms. The molecule has 0 unspecified atom stereocenters. The van der Waals surface area contributed by atoms with Crippen LogP contribution in [-0.2, 0) is 22.6 Å². The number of carbonyl (C=O) groups is 2. The lowest BCUT2D eigenvalue weighted by molar-refractivity contribution is -0.129. The second-order valence-electron chi connectivity index (χ2n) is 6.64. The van der Waals surface area contributed by atoms with Crippen LogP contribution in [0.25, 0.3) is 11.0 Å². The fourth-order valence-corrected chi connectivity index (χ4v) is 3.29. The summed E-state index contributed by atoms with van der Waals surface area (Å²) in [6.07, 6.45) is 2.27. The molecule has 0 bridgehead atoms. The summed E-state index contributed by atoms with van der Waals surface area (Å²) >= 11 is 0. The van der Waals surface area contributed by atoms with Gasteiger partial charge in [-0.05, 0) is 30.3 Å². The zero-order valence-corrected chi connectivity index (χ0v) is 14.6. The van der Waals surface area contributed by atoms with Crippen LogP contribution in [0.5, 0.6) is 0 Å². The summed E-state index contributed by atoms with van der Waals surface area (Å²) in [6.45, 7) is 1.16. The Labute approximate surface area is 154 Å². The summed E-state index contributed by atoms with van der Waals surface area (Å²) in [7, 11) is 0. The maximum atomic E-state index is 13.2. The third-order valence-corrected chi connectivity index (χ3v) is 4.67. The van der Waals surface area contributed by atoms with Gasteiger partial charge in [0.1, 0.15) is 17.4 Å². The molecular weight excluding hydrogens is 351 g/mol. The molecular formula is C19H19FN4O3. The number of hydrogen-bond acceptors (Lipinski definition) is 4. The Bertz CT molecular complexity index is 967. The number of halogens is 1. The monoisotopic (exact) mass is 370 g/mol. The smallest absolute Gasteiger partial charge is 0.225 e. The van der Waals surface area contributed by atoms with E-state index in [1.165, 1.54) is 12.1 Å². The molecule has 0 saturated carbocycles. The number of hydrogen-bond donors (Lipinski definition) is 2. The third kappa shape index (κ3) is 3.84. The zero-order valence-electron chi connectivity index (χ0n) is 14.6. The molecule has 0 spiro atoms. The van der Waals surface area contributed by atoms with Gasteiger partial charge in [-0.3, -0.25) is 9.59 Å². The Morgan fingerprint density at radius 1 is 1.41 bits per heavy atom. The van der Waals surface area contributed by atoms with Crippen LogP contribution < -0.4 is 5.32 Å². The maximum absolute atomic E-state index is 13.2. The van der Waals surface area contributed by atoms with E-state index in [2.05, 4.69) is 15.3 Å². The van der Waals surface area contributed by atoms with Gasteiger partial charge in [-0.1, -0.05) is 0 Å². The van der Waals surface area contributed by atoms with E-state index in [-0.39, 0.29) is 30.0 Å². The van der Waals surface area contributed by atoms with Gasteiger partial charge in [-0.15, -0.1) is 0 Å². The summed E-state index contributed by atoms with van der Waals surface area (Å²) in [6, 6.07) is 7.94. The van der Waals surface area contributed by atoms with Gasteiger partial charge in [0, 0.05) is 25.9 Å². The van der Waals surface area contributed by atoms with E-state index in [1.807, 2.05) is 0 Å². The Balaban J connectivity index is 1.28. The lowest BCUT2D eigenvalue weighted by atomic mass is 10.1. The van der Waals surface area contributed by atoms with Gasteiger partial charge in [0.2, 0.25) is 11.8 Å². The normalized spacial score (nSPS) is 17.0. The number of aromatic nitrogens is 2. The number of fused-ring (bicyclic) bond motifs is 1. The molecule has 27 heavy (non-hydrogen) atoms. The van der Waals surface area contributed by atoms with Crippen LogP contribution in [0.2, 0.25) is 0 Å². The minimum Gasteiger partial charge on any atom is -0.467 e. The van der Waals surface area contributed by atoms with Crippen molar-refractivity contribution in [2.75, 3.05) is 13.1 Å². The lowest BCUT2D eigenvalue weighted by Gasteiger charge is -2.15. The van der Waals surface area contributed by atoms with Gasteiger partial charge in [0.25, 0.3) is 0 Å². The Morgan fingerprint density at radius 2 is 2.30 bits per heavy atom. The standard InChI is InChI=1S/C19H19FN4O3/c20-13-3-4-15-16(9-13)23-17(22-15)5-6-21-19(26)12-8-18(25)24(10-12)11-14-2-1-7-27-14/h1-4,7,9,12H,5-6,8,10-11H2,(H,21,26)(H,22,23)/t12-/m1/s1. The summed E-state index contributed by atoms with van der Waals surface area (Å²) < 4.78 is 18.5. The molecule has 3 aromatic rings. The number of carbonyl (C=O) groups excluding carboxylic acids is 2. The van der Waals surface area contributed by atoms with E-state index >= 15 is 0 Å². The molecule has 4 rings (SSSR count). The molecule has 7 nitrogen and oxygen atoms in total. The van der Waals surface area contributed by atoms with E-state index in [9.17, 15) is 14.0 Å². The first-order valence-corrected chi connectivity index (χ1v) is 8.80. The molecule has 1 aliphatic rings. The zero-order chi connectivity index (χ0) is 18.8. The van der Waals surface area contributed by atoms with Crippen LogP contribution in [0.15, 0.2) is 41.0 Å². The van der Waals surface area contributed by atoms with Crippen LogP contribution in [0.3, 0.4) is 0 Å². The number of imidazole rings is 1. The van der Waals surface area contributed by atoms with Crippen LogP contribution >= 0.6 is 0 Å². The Kier molecular flexibility index (Phi) is 4.62. The molecule has 1 atom stereocenters. The lowest BCUT2D eigenvalue weighted by Crippen LogP contribution is -2.34. The second-order valence-corrected chi connectivity index (χ2v) is 6.64. The Hall–Kier alpha value is -3.16. The molecule has 0 radical (unpaired) electrons. The second kappa shape index (κ2) is 7.22. The molecule has 2 N–H and O–H groups in total. The van der Waals surface area contributed by atoms with Crippen molar-refractivity contribution >= 4 is 22.8 Å². The van der Waals surface area contributed by atoms with Crippen molar-refractivity contribution in [3.05, 3.63) is 54.0 Å². The summed E-state index contributed by atoms with van der Waals surface area (Å²) in [4.78, 5) is 33.5. The first-order valence-electron chi connectivity index (χ1n) is 8.80. The van der Waals surface area contributed by atoms with Crippen LogP contribution in [0, 0.1) is 11.7 Å². The number of amides is 2. The van der Waals surface area contributed by atoms with Crippen molar-refractivity contribution in [1.29, 1.82) is 0 Å². The van der Waals surface area contributed by atoms with Crippen molar-refractivity contribution < 1.29 is 18.4 Å². The van der Waals surface area contributed by atoms with Crippen LogP contribution in [0.1, 0.15) is 18.0 Å². The van der Waals surface area contributed by atoms with Crippen molar-refractivity contribution in [3.8, 4) is 0 Å².